The summed E-state index contributed by atoms with van der Waals surface area (Å²) in [4.78, 5) is 91.2. The minimum absolute atomic E-state index is 0.0147. The van der Waals surface area contributed by atoms with Crippen molar-refractivity contribution < 1.29 is 70.8 Å². The summed E-state index contributed by atoms with van der Waals surface area (Å²) < 4.78 is 64.7. The third-order valence-corrected chi connectivity index (χ3v) is 13.9. The van der Waals surface area contributed by atoms with Crippen molar-refractivity contribution >= 4 is 58.1 Å². The molecule has 21 heteroatoms. The van der Waals surface area contributed by atoms with E-state index >= 15 is 8.78 Å². The van der Waals surface area contributed by atoms with Crippen molar-refractivity contribution in [3.8, 4) is 0 Å². The minimum atomic E-state index is -2.50. The molecule has 0 aliphatic heterocycles. The number of alkyl carbamates (subject to hydrolysis) is 1. The van der Waals surface area contributed by atoms with Gasteiger partial charge in [0.2, 0.25) is 28.6 Å². The molecule has 1 aromatic heterocycles. The average molecular weight is 926 g/mol. The van der Waals surface area contributed by atoms with Crippen LogP contribution in [0.3, 0.4) is 0 Å². The van der Waals surface area contributed by atoms with Crippen LogP contribution in [0.25, 0.3) is 0 Å². The molecular formula is C43H58F3N5O12S. The summed E-state index contributed by atoms with van der Waals surface area (Å²) in [6, 6.07) is -2.91. The van der Waals surface area contributed by atoms with Crippen LogP contribution in [0.5, 0.6) is 0 Å². The molecule has 4 amide bonds. The number of rotatable bonds is 16. The second-order valence-electron chi connectivity index (χ2n) is 18.3. The number of unbranched alkanes of at least 4 members (excludes halogenated alkanes) is 1. The largest absolute Gasteiger partial charge is 0.455 e. The molecule has 17 nitrogen and oxygen atoms in total. The van der Waals surface area contributed by atoms with Crippen molar-refractivity contribution in [2.45, 2.75) is 121 Å². The number of nitrogens with one attached hydrogen (secondary N) is 4. The van der Waals surface area contributed by atoms with Crippen LogP contribution >= 0.6 is 11.8 Å². The Balaban J connectivity index is 1.36. The summed E-state index contributed by atoms with van der Waals surface area (Å²) in [5.41, 5.74) is -3.60. The van der Waals surface area contributed by atoms with Crippen molar-refractivity contribution in [1.29, 1.82) is 0 Å². The van der Waals surface area contributed by atoms with Gasteiger partial charge < -0.3 is 51.1 Å². The number of hydrogen-bond donors (Lipinski definition) is 7. The minimum Gasteiger partial charge on any atom is -0.455 e. The van der Waals surface area contributed by atoms with Gasteiger partial charge in [-0.3, -0.25) is 24.0 Å². The van der Waals surface area contributed by atoms with Gasteiger partial charge in [-0.15, -0.1) is 0 Å². The molecule has 0 bridgehead atoms. The number of fused-ring (bicyclic) bond motifs is 5. The van der Waals surface area contributed by atoms with Crippen LogP contribution in [-0.4, -0.2) is 118 Å². The van der Waals surface area contributed by atoms with Crippen LogP contribution in [0, 0.1) is 28.6 Å². The number of amides is 4. The van der Waals surface area contributed by atoms with Gasteiger partial charge in [0.1, 0.15) is 36.1 Å². The number of thioether (sulfide) groups is 1. The smallest absolute Gasteiger partial charge is 0.407 e. The second-order valence-corrected chi connectivity index (χ2v) is 19.2. The molecule has 3 fully saturated rings. The van der Waals surface area contributed by atoms with E-state index in [4.69, 9.17) is 19.6 Å². The zero-order valence-corrected chi connectivity index (χ0v) is 37.4. The van der Waals surface area contributed by atoms with Crippen molar-refractivity contribution in [2.24, 2.45) is 34.3 Å². The molecule has 8 N–H and O–H groups in total. The van der Waals surface area contributed by atoms with Crippen LogP contribution in [-0.2, 0) is 33.4 Å². The molecule has 0 saturated heterocycles. The number of anilines is 1. The number of carbonyl (C=O) groups is 7. The Morgan fingerprint density at radius 3 is 2.41 bits per heavy atom. The van der Waals surface area contributed by atoms with Crippen LogP contribution in [0.15, 0.2) is 40.5 Å². The lowest BCUT2D eigenvalue weighted by molar-refractivity contribution is -0.221. The van der Waals surface area contributed by atoms with E-state index in [0.717, 1.165) is 24.5 Å². The molecule has 354 valence electrons. The summed E-state index contributed by atoms with van der Waals surface area (Å²) in [6.07, 6.45) is -0.140. The van der Waals surface area contributed by atoms with Gasteiger partial charge in [0.15, 0.2) is 17.1 Å². The maximum Gasteiger partial charge on any atom is 0.407 e. The fourth-order valence-corrected chi connectivity index (χ4v) is 11.1. The number of nitrogens with two attached hydrogens (primary N) is 1. The monoisotopic (exact) mass is 925 g/mol. The Morgan fingerprint density at radius 2 is 1.77 bits per heavy atom. The van der Waals surface area contributed by atoms with Gasteiger partial charge in [0.25, 0.3) is 0 Å². The van der Waals surface area contributed by atoms with Gasteiger partial charge in [0, 0.05) is 35.3 Å². The predicted octanol–water partition coefficient (Wildman–Crippen LogP) is 3.48. The maximum absolute atomic E-state index is 17.8. The molecule has 4 aliphatic rings. The number of esters is 1. The molecule has 0 aromatic carbocycles. The van der Waals surface area contributed by atoms with E-state index < -0.39 is 148 Å². The van der Waals surface area contributed by atoms with E-state index in [9.17, 15) is 48.2 Å². The number of alkyl halides is 3. The van der Waals surface area contributed by atoms with Crippen molar-refractivity contribution in [2.75, 3.05) is 31.0 Å². The SMILES string of the molecule is C[C@@H]1C[C@H]2[C@@H]3C[C@H](F)C4=CC(=O)C=C[C@]4(C)[C@@]3(F)[C@@H](O)C[C@]2(C)[C@]1(OC(=O)c1cc(NC(=O)[C@H](CCCCNC(=O)OC(C)(C)C)NC(=O)[C@H](CO)NC(=O)CN)co1)C(=O)SCF. The number of allylic oxidation sites excluding steroid dienone is 4. The van der Waals surface area contributed by atoms with Crippen LogP contribution in [0.1, 0.15) is 90.6 Å². The van der Waals surface area contributed by atoms with E-state index in [1.807, 2.05) is 0 Å². The predicted molar refractivity (Wildman–Crippen MR) is 225 cm³/mol. The number of furan rings is 1. The van der Waals surface area contributed by atoms with Gasteiger partial charge in [-0.25, -0.2) is 22.8 Å². The number of ketones is 1. The summed E-state index contributed by atoms with van der Waals surface area (Å²) >= 11 is 0.229. The molecule has 5 rings (SSSR count). The first-order valence-corrected chi connectivity index (χ1v) is 22.1. The molecule has 0 radical (unpaired) electrons. The van der Waals surface area contributed by atoms with E-state index in [1.54, 1.807) is 27.7 Å². The Morgan fingerprint density at radius 1 is 1.06 bits per heavy atom. The number of ether oxygens (including phenoxy) is 2. The Labute approximate surface area is 372 Å². The third-order valence-electron chi connectivity index (χ3n) is 13.2. The van der Waals surface area contributed by atoms with Gasteiger partial charge in [-0.1, -0.05) is 19.9 Å². The van der Waals surface area contributed by atoms with Gasteiger partial charge in [0.05, 0.1) is 24.9 Å². The molecule has 4 aliphatic carbocycles. The first kappa shape index (κ1) is 50.3. The molecule has 0 unspecified atom stereocenters. The first-order valence-electron chi connectivity index (χ1n) is 21.1. The molecule has 1 heterocycles. The Kier molecular flexibility index (Phi) is 15.2. The summed E-state index contributed by atoms with van der Waals surface area (Å²) in [5.74, 6) is -7.78. The zero-order chi connectivity index (χ0) is 47.6. The number of aliphatic hydroxyl groups excluding tert-OH is 2. The van der Waals surface area contributed by atoms with Crippen molar-refractivity contribution in [3.63, 3.8) is 0 Å². The summed E-state index contributed by atoms with van der Waals surface area (Å²) in [5, 5.41) is 30.5. The molecule has 1 aromatic rings. The van der Waals surface area contributed by atoms with E-state index in [2.05, 4.69) is 21.3 Å². The van der Waals surface area contributed by atoms with Gasteiger partial charge in [-0.2, -0.15) is 0 Å². The summed E-state index contributed by atoms with van der Waals surface area (Å²) in [6.45, 7) is 8.48. The Bertz CT molecular complexity index is 2060. The normalized spacial score (nSPS) is 31.5. The lowest BCUT2D eigenvalue weighted by Gasteiger charge is -2.63. The zero-order valence-electron chi connectivity index (χ0n) is 36.6. The lowest BCUT2D eigenvalue weighted by atomic mass is 9.44. The maximum atomic E-state index is 17.8. The average Bonchev–Trinajstić information content (AvgIpc) is 3.77. The highest BCUT2D eigenvalue weighted by Gasteiger charge is 2.78. The first-order chi connectivity index (χ1) is 29.9. The molecule has 3 saturated carbocycles. The van der Waals surface area contributed by atoms with Gasteiger partial charge >= 0.3 is 12.1 Å². The van der Waals surface area contributed by atoms with Crippen molar-refractivity contribution in [1.82, 2.24) is 16.0 Å². The standard InChI is InChI=1S/C43H58F3N5O12S/c1-22-13-25-26-16-28(45)27-15-24(53)10-11-40(27,5)42(26,46)32(54)17-41(25,6)43(22,37(59)64-21-44)62-36(58)31-14-23(20-61-31)49-34(56)29(51-35(57)30(19-52)50-33(55)18-47)9-7-8-12-48-38(60)63-39(2,3)4/h10-11,14-15,20,22,25-26,28-30,32,52,54H,7-9,12-13,16-19,21,47H2,1-6H3,(H,48,60)(H,49,56)(H,50,55)(H,51,57)/t22-,25+,26+,28+,29+,30+,32+,40+,41+,42+,43-/m1/s1. The highest BCUT2D eigenvalue weighted by Crippen LogP contribution is 2.72. The topological polar surface area (TPSA) is 266 Å². The fraction of sp³-hybridized carbons (Fsp3) is 0.651. The number of carbonyl (C=O) groups excluding carboxylic acids is 7. The van der Waals surface area contributed by atoms with Gasteiger partial charge in [-0.05, 0) is 102 Å². The van der Waals surface area contributed by atoms with Crippen molar-refractivity contribution in [3.05, 3.63) is 41.9 Å². The molecular weight excluding hydrogens is 868 g/mol. The summed E-state index contributed by atoms with van der Waals surface area (Å²) in [7, 11) is 0. The molecule has 64 heavy (non-hydrogen) atoms. The Hall–Kier alpha value is -4.73. The number of aliphatic hydroxyl groups is 2. The second kappa shape index (κ2) is 19.4. The van der Waals surface area contributed by atoms with Crippen LogP contribution < -0.4 is 27.0 Å². The fourth-order valence-electron chi connectivity index (χ4n) is 10.3. The van der Waals surface area contributed by atoms with Crippen LogP contribution in [0.4, 0.5) is 23.7 Å². The van der Waals surface area contributed by atoms with E-state index in [-0.39, 0.29) is 48.8 Å². The highest BCUT2D eigenvalue weighted by atomic mass is 32.2. The number of hydrogen-bond acceptors (Lipinski definition) is 14. The number of halogens is 3. The lowest BCUT2D eigenvalue weighted by Crippen LogP contribution is -2.70. The molecule has 11 atom stereocenters. The third kappa shape index (κ3) is 9.48. The quantitative estimate of drug-likeness (QED) is 0.0925. The van der Waals surface area contributed by atoms with Crippen LogP contribution in [0.2, 0.25) is 0 Å². The van der Waals surface area contributed by atoms with E-state index in [1.165, 1.54) is 19.9 Å². The molecule has 0 spiro atoms. The van der Waals surface area contributed by atoms with E-state index in [0.29, 0.717) is 6.42 Å². The highest BCUT2D eigenvalue weighted by molar-refractivity contribution is 8.13.